The quantitative estimate of drug-likeness (QED) is 0.515. The molecule has 4 rings (SSSR count). The zero-order chi connectivity index (χ0) is 22.3. The van der Waals surface area contributed by atoms with Crippen LogP contribution < -0.4 is 16.0 Å². The summed E-state index contributed by atoms with van der Waals surface area (Å²) < 4.78 is 41.5. The van der Waals surface area contributed by atoms with Gasteiger partial charge in [-0.3, -0.25) is 0 Å². The summed E-state index contributed by atoms with van der Waals surface area (Å²) in [6.45, 7) is 2.08. The van der Waals surface area contributed by atoms with Crippen LogP contribution in [0.15, 0.2) is 35.2 Å². The highest BCUT2D eigenvalue weighted by atomic mass is 35.5. The molecular weight excluding hydrogens is 447 g/mol. The van der Waals surface area contributed by atoms with Crippen LogP contribution in [0, 0.1) is 12.7 Å². The lowest BCUT2D eigenvalue weighted by atomic mass is 10.2. The standard InChI is InChI=1S/C20H22ClFN4O4S/c1-11-15(22)3-2-4-16(11)24-20(28)25-17-8-7-14(21)19(18(17)27)31(29,30)26-9-12-5-6-13(10-26)23-12/h2-4,7-8,12-13,23,27H,5-6,9-10H2,1H3,(H2,24,25,28)/t12-,13+. The second-order valence-corrected chi connectivity index (χ2v) is 10.0. The lowest BCUT2D eigenvalue weighted by Gasteiger charge is -2.32. The van der Waals surface area contributed by atoms with E-state index in [9.17, 15) is 22.7 Å². The molecule has 166 valence electrons. The van der Waals surface area contributed by atoms with Crippen molar-refractivity contribution in [1.29, 1.82) is 0 Å². The molecule has 4 N–H and O–H groups in total. The van der Waals surface area contributed by atoms with Gasteiger partial charge >= 0.3 is 6.03 Å². The van der Waals surface area contributed by atoms with Gasteiger partial charge < -0.3 is 21.1 Å². The maximum Gasteiger partial charge on any atom is 0.323 e. The molecule has 2 aliphatic heterocycles. The van der Waals surface area contributed by atoms with Gasteiger partial charge in [-0.05, 0) is 44.0 Å². The third-order valence-corrected chi connectivity index (χ3v) is 7.96. The number of fused-ring (bicyclic) bond motifs is 2. The van der Waals surface area contributed by atoms with Gasteiger partial charge in [0.2, 0.25) is 10.0 Å². The Morgan fingerprint density at radius 3 is 2.48 bits per heavy atom. The van der Waals surface area contributed by atoms with Crippen LogP contribution in [-0.2, 0) is 10.0 Å². The van der Waals surface area contributed by atoms with Crippen LogP contribution in [0.4, 0.5) is 20.6 Å². The molecule has 2 fully saturated rings. The normalized spacial score (nSPS) is 21.1. The first-order valence-corrected chi connectivity index (χ1v) is 11.6. The fourth-order valence-corrected chi connectivity index (χ4v) is 6.12. The molecule has 0 aromatic heterocycles. The fourth-order valence-electron chi connectivity index (χ4n) is 3.99. The maximum absolute atomic E-state index is 13.7. The van der Waals surface area contributed by atoms with E-state index in [1.54, 1.807) is 0 Å². The summed E-state index contributed by atoms with van der Waals surface area (Å²) >= 11 is 6.15. The molecule has 0 aliphatic carbocycles. The second-order valence-electron chi connectivity index (χ2n) is 7.72. The number of phenolic OH excluding ortho intramolecular Hbond substituents is 1. The zero-order valence-electron chi connectivity index (χ0n) is 16.7. The molecule has 2 aliphatic rings. The van der Waals surface area contributed by atoms with Crippen LogP contribution in [0.5, 0.6) is 5.75 Å². The minimum atomic E-state index is -4.09. The van der Waals surface area contributed by atoms with E-state index < -0.39 is 32.5 Å². The first-order chi connectivity index (χ1) is 14.7. The minimum Gasteiger partial charge on any atom is -0.504 e. The molecule has 2 saturated heterocycles. The molecule has 2 amide bonds. The number of carbonyl (C=O) groups is 1. The number of benzene rings is 2. The van der Waals surface area contributed by atoms with Gasteiger partial charge in [-0.2, -0.15) is 4.31 Å². The van der Waals surface area contributed by atoms with Gasteiger partial charge in [0.1, 0.15) is 10.7 Å². The highest BCUT2D eigenvalue weighted by molar-refractivity contribution is 7.89. The van der Waals surface area contributed by atoms with Crippen LogP contribution in [0.1, 0.15) is 18.4 Å². The highest BCUT2D eigenvalue weighted by Gasteiger charge is 2.40. The molecule has 2 heterocycles. The van der Waals surface area contributed by atoms with Gasteiger partial charge in [0, 0.05) is 36.4 Å². The van der Waals surface area contributed by atoms with E-state index in [4.69, 9.17) is 11.6 Å². The second kappa shape index (κ2) is 8.27. The average Bonchev–Trinajstić information content (AvgIpc) is 3.05. The lowest BCUT2D eigenvalue weighted by Crippen LogP contribution is -2.52. The highest BCUT2D eigenvalue weighted by Crippen LogP contribution is 2.39. The Morgan fingerprint density at radius 1 is 1.16 bits per heavy atom. The summed E-state index contributed by atoms with van der Waals surface area (Å²) in [6.07, 6.45) is 1.77. The fraction of sp³-hybridized carbons (Fsp3) is 0.350. The largest absolute Gasteiger partial charge is 0.504 e. The molecular formula is C20H22ClFN4O4S. The molecule has 8 nitrogen and oxygen atoms in total. The van der Waals surface area contributed by atoms with Crippen LogP contribution >= 0.6 is 11.6 Å². The van der Waals surface area contributed by atoms with Gasteiger partial charge in [0.15, 0.2) is 5.75 Å². The number of sulfonamides is 1. The molecule has 11 heteroatoms. The smallest absolute Gasteiger partial charge is 0.323 e. The van der Waals surface area contributed by atoms with E-state index in [0.29, 0.717) is 0 Å². The van der Waals surface area contributed by atoms with Crippen molar-refractivity contribution < 1.29 is 22.7 Å². The molecule has 0 radical (unpaired) electrons. The predicted octanol–water partition coefficient (Wildman–Crippen LogP) is 3.26. The Bertz CT molecular complexity index is 1130. The topological polar surface area (TPSA) is 111 Å². The molecule has 0 unspecified atom stereocenters. The van der Waals surface area contributed by atoms with Gasteiger partial charge in [0.25, 0.3) is 0 Å². The maximum atomic E-state index is 13.7. The van der Waals surface area contributed by atoms with E-state index in [1.807, 2.05) is 0 Å². The van der Waals surface area contributed by atoms with E-state index >= 15 is 0 Å². The van der Waals surface area contributed by atoms with E-state index in [0.717, 1.165) is 12.8 Å². The number of rotatable bonds is 4. The molecule has 2 aromatic rings. The number of halogens is 2. The summed E-state index contributed by atoms with van der Waals surface area (Å²) in [5.74, 6) is -1.13. The van der Waals surface area contributed by atoms with Crippen molar-refractivity contribution in [2.75, 3.05) is 23.7 Å². The van der Waals surface area contributed by atoms with Crippen molar-refractivity contribution in [3.05, 3.63) is 46.7 Å². The van der Waals surface area contributed by atoms with Crippen LogP contribution in [0.3, 0.4) is 0 Å². The number of carbonyl (C=O) groups excluding carboxylic acids is 1. The third-order valence-electron chi connectivity index (χ3n) is 5.63. The number of piperazine rings is 1. The van der Waals surface area contributed by atoms with E-state index in [2.05, 4.69) is 16.0 Å². The number of phenols is 1. The molecule has 2 aromatic carbocycles. The number of nitrogens with zero attached hydrogens (tertiary/aromatic N) is 1. The predicted molar refractivity (Wildman–Crippen MR) is 116 cm³/mol. The molecule has 0 saturated carbocycles. The van der Waals surface area contributed by atoms with Crippen molar-refractivity contribution in [1.82, 2.24) is 9.62 Å². The minimum absolute atomic E-state index is 0.0658. The van der Waals surface area contributed by atoms with E-state index in [1.165, 1.54) is 41.6 Å². The molecule has 31 heavy (non-hydrogen) atoms. The van der Waals surface area contributed by atoms with Crippen LogP contribution in [0.2, 0.25) is 5.02 Å². The summed E-state index contributed by atoms with van der Waals surface area (Å²) in [5, 5.41) is 18.8. The van der Waals surface area contributed by atoms with Crippen LogP contribution in [0.25, 0.3) is 0 Å². The summed E-state index contributed by atoms with van der Waals surface area (Å²) in [5.41, 5.74) is 0.359. The number of hydrogen-bond donors (Lipinski definition) is 4. The van der Waals surface area contributed by atoms with Gasteiger partial charge in [-0.1, -0.05) is 17.7 Å². The van der Waals surface area contributed by atoms with Crippen molar-refractivity contribution >= 4 is 39.0 Å². The monoisotopic (exact) mass is 468 g/mol. The van der Waals surface area contributed by atoms with Crippen molar-refractivity contribution in [3.63, 3.8) is 0 Å². The lowest BCUT2D eigenvalue weighted by molar-refractivity contribution is 0.262. The van der Waals surface area contributed by atoms with Gasteiger partial charge in [0.05, 0.1) is 10.7 Å². The number of aromatic hydroxyl groups is 1. The summed E-state index contributed by atoms with van der Waals surface area (Å²) in [7, 11) is -4.09. The Labute approximate surface area is 184 Å². The van der Waals surface area contributed by atoms with E-state index in [-0.39, 0.29) is 47.1 Å². The zero-order valence-corrected chi connectivity index (χ0v) is 18.2. The average molecular weight is 469 g/mol. The van der Waals surface area contributed by atoms with Gasteiger partial charge in [-0.25, -0.2) is 17.6 Å². The first kappa shape index (κ1) is 21.8. The number of anilines is 2. The Morgan fingerprint density at radius 2 is 1.81 bits per heavy atom. The van der Waals surface area contributed by atoms with Crippen molar-refractivity contribution in [2.24, 2.45) is 0 Å². The summed E-state index contributed by atoms with van der Waals surface area (Å²) in [4.78, 5) is 11.9. The van der Waals surface area contributed by atoms with Gasteiger partial charge in [-0.15, -0.1) is 0 Å². The van der Waals surface area contributed by atoms with Crippen molar-refractivity contribution in [3.8, 4) is 5.75 Å². The number of hydrogen-bond acceptors (Lipinski definition) is 5. The molecule has 2 bridgehead atoms. The third kappa shape index (κ3) is 4.20. The SMILES string of the molecule is Cc1c(F)cccc1NC(=O)Nc1ccc(Cl)c(S(=O)(=O)N2C[C@H]3CC[C@@H](C2)N3)c1O. The first-order valence-electron chi connectivity index (χ1n) is 9.77. The molecule has 2 atom stereocenters. The van der Waals surface area contributed by atoms with Crippen molar-refractivity contribution in [2.45, 2.75) is 36.7 Å². The number of urea groups is 1. The number of amides is 2. The summed E-state index contributed by atoms with van der Waals surface area (Å²) in [6, 6.07) is 6.20. The number of nitrogens with one attached hydrogen (secondary N) is 3. The Kier molecular flexibility index (Phi) is 5.82. The van der Waals surface area contributed by atoms with Crippen LogP contribution in [-0.4, -0.2) is 49.0 Å². The Hall–Kier alpha value is -2.40. The molecule has 0 spiro atoms. The Balaban J connectivity index is 1.59.